The lowest BCUT2D eigenvalue weighted by atomic mass is 9.81. The summed E-state index contributed by atoms with van der Waals surface area (Å²) >= 11 is 0. The summed E-state index contributed by atoms with van der Waals surface area (Å²) in [6.07, 6.45) is 1.49. The zero-order chi connectivity index (χ0) is 20.7. The molecular formula is C22H38N2O4. The maximum Gasteiger partial charge on any atom is 0.161 e. The number of likely N-dealkylation sites (tertiary alicyclic amines) is 1. The molecule has 1 aliphatic rings. The van der Waals surface area contributed by atoms with Crippen LogP contribution in [-0.2, 0) is 6.54 Å². The first-order valence-corrected chi connectivity index (χ1v) is 10.3. The second-order valence-corrected chi connectivity index (χ2v) is 8.73. The molecule has 1 aromatic carbocycles. The number of ether oxygens (including phenoxy) is 2. The van der Waals surface area contributed by atoms with Gasteiger partial charge in [0, 0.05) is 25.7 Å². The first kappa shape index (κ1) is 22.9. The van der Waals surface area contributed by atoms with E-state index >= 15 is 0 Å². The molecule has 1 atom stereocenters. The van der Waals surface area contributed by atoms with Gasteiger partial charge in [0.2, 0.25) is 0 Å². The lowest BCUT2D eigenvalue weighted by Crippen LogP contribution is -2.39. The molecule has 2 N–H and O–H groups in total. The lowest BCUT2D eigenvalue weighted by molar-refractivity contribution is 0.0556. The van der Waals surface area contributed by atoms with E-state index in [1.807, 2.05) is 19.2 Å². The van der Waals surface area contributed by atoms with E-state index in [2.05, 4.69) is 36.6 Å². The first-order chi connectivity index (χ1) is 13.3. The van der Waals surface area contributed by atoms with E-state index in [0.717, 1.165) is 32.5 Å². The van der Waals surface area contributed by atoms with Gasteiger partial charge in [-0.1, -0.05) is 13.0 Å². The normalized spacial score (nSPS) is 18.5. The number of hydrogen-bond donors (Lipinski definition) is 2. The van der Waals surface area contributed by atoms with Gasteiger partial charge in [-0.2, -0.15) is 0 Å². The molecule has 1 heterocycles. The van der Waals surface area contributed by atoms with Gasteiger partial charge in [0.15, 0.2) is 11.5 Å². The van der Waals surface area contributed by atoms with Crippen LogP contribution in [0.2, 0.25) is 0 Å². The average molecular weight is 395 g/mol. The summed E-state index contributed by atoms with van der Waals surface area (Å²) in [5.41, 5.74) is 1.24. The van der Waals surface area contributed by atoms with Gasteiger partial charge in [-0.3, -0.25) is 4.90 Å². The lowest BCUT2D eigenvalue weighted by Gasteiger charge is -2.38. The number of aliphatic hydroxyl groups is 2. The van der Waals surface area contributed by atoms with Gasteiger partial charge < -0.3 is 24.6 Å². The molecule has 1 unspecified atom stereocenters. The highest BCUT2D eigenvalue weighted by Gasteiger charge is 2.29. The highest BCUT2D eigenvalue weighted by molar-refractivity contribution is 5.43. The third kappa shape index (κ3) is 6.62. The molecule has 0 radical (unpaired) electrons. The highest BCUT2D eigenvalue weighted by atomic mass is 16.5. The second-order valence-electron chi connectivity index (χ2n) is 8.73. The van der Waals surface area contributed by atoms with Gasteiger partial charge in [-0.25, -0.2) is 0 Å². The van der Waals surface area contributed by atoms with Crippen LogP contribution in [-0.4, -0.2) is 79.2 Å². The van der Waals surface area contributed by atoms with Crippen molar-refractivity contribution in [2.75, 3.05) is 47.0 Å². The Balaban J connectivity index is 1.89. The third-order valence-electron chi connectivity index (χ3n) is 5.89. The molecule has 1 fully saturated rings. The maximum atomic E-state index is 10.2. The number of rotatable bonds is 10. The summed E-state index contributed by atoms with van der Waals surface area (Å²) in [5, 5.41) is 19.7. The van der Waals surface area contributed by atoms with Gasteiger partial charge >= 0.3 is 0 Å². The Labute approximate surface area is 170 Å². The van der Waals surface area contributed by atoms with Gasteiger partial charge in [-0.15, -0.1) is 0 Å². The summed E-state index contributed by atoms with van der Waals surface area (Å²) in [6, 6.07) is 6.38. The topological polar surface area (TPSA) is 65.4 Å². The third-order valence-corrected chi connectivity index (χ3v) is 5.89. The molecule has 0 aliphatic carbocycles. The summed E-state index contributed by atoms with van der Waals surface area (Å²) in [5.74, 6) is 1.35. The molecule has 1 aromatic rings. The predicted molar refractivity (Wildman–Crippen MR) is 112 cm³/mol. The van der Waals surface area contributed by atoms with Crippen molar-refractivity contribution in [3.05, 3.63) is 23.8 Å². The fourth-order valence-corrected chi connectivity index (χ4v) is 3.38. The number of methoxy groups -OCH3 is 1. The highest BCUT2D eigenvalue weighted by Crippen LogP contribution is 2.32. The number of likely N-dealkylation sites (N-methyl/N-ethyl adjacent to an activating group) is 1. The molecule has 0 amide bonds. The summed E-state index contributed by atoms with van der Waals surface area (Å²) in [4.78, 5) is 4.51. The number of aliphatic hydroxyl groups excluding tert-OH is 2. The van der Waals surface area contributed by atoms with Crippen LogP contribution >= 0.6 is 0 Å². The van der Waals surface area contributed by atoms with E-state index in [-0.39, 0.29) is 18.6 Å². The van der Waals surface area contributed by atoms with E-state index in [1.165, 1.54) is 5.56 Å². The van der Waals surface area contributed by atoms with Crippen LogP contribution in [0.4, 0.5) is 0 Å². The fraction of sp³-hybridized carbons (Fsp3) is 0.727. The van der Waals surface area contributed by atoms with Crippen molar-refractivity contribution in [1.29, 1.82) is 0 Å². The Morgan fingerprint density at radius 2 is 1.89 bits per heavy atom. The molecule has 0 bridgehead atoms. The van der Waals surface area contributed by atoms with E-state index in [0.29, 0.717) is 24.1 Å². The van der Waals surface area contributed by atoms with Crippen molar-refractivity contribution in [3.63, 3.8) is 0 Å². The molecule has 0 spiro atoms. The average Bonchev–Trinajstić information content (AvgIpc) is 2.68. The SMILES string of the molecule is COc1cc(CN2CCC(C)(CO)CC2)ccc1OCC(O)CN(C)C(C)C. The molecule has 28 heavy (non-hydrogen) atoms. The van der Waals surface area contributed by atoms with Crippen molar-refractivity contribution in [2.24, 2.45) is 5.41 Å². The van der Waals surface area contributed by atoms with Gasteiger partial charge in [0.1, 0.15) is 12.7 Å². The van der Waals surface area contributed by atoms with Crippen LogP contribution < -0.4 is 9.47 Å². The van der Waals surface area contributed by atoms with Crippen LogP contribution in [0, 0.1) is 5.41 Å². The van der Waals surface area contributed by atoms with Crippen molar-refractivity contribution in [2.45, 2.75) is 52.3 Å². The van der Waals surface area contributed by atoms with Crippen LogP contribution in [0.25, 0.3) is 0 Å². The molecule has 0 saturated carbocycles. The Morgan fingerprint density at radius 1 is 1.21 bits per heavy atom. The van der Waals surface area contributed by atoms with Crippen molar-refractivity contribution < 1.29 is 19.7 Å². The predicted octanol–water partition coefficient (Wildman–Crippen LogP) is 2.37. The summed E-state index contributed by atoms with van der Waals surface area (Å²) in [7, 11) is 3.63. The minimum atomic E-state index is -0.550. The van der Waals surface area contributed by atoms with Crippen LogP contribution in [0.1, 0.15) is 39.2 Å². The Hall–Kier alpha value is -1.34. The van der Waals surface area contributed by atoms with Gasteiger partial charge in [-0.05, 0) is 69.9 Å². The standard InChI is InChI=1S/C22H38N2O4/c1-17(2)23(4)14-19(26)15-28-20-7-6-18(12-21(20)27-5)13-24-10-8-22(3,16-25)9-11-24/h6-7,12,17,19,25-26H,8-11,13-16H2,1-5H3. The van der Waals surface area contributed by atoms with Crippen molar-refractivity contribution in [3.8, 4) is 11.5 Å². The van der Waals surface area contributed by atoms with Crippen molar-refractivity contribution in [1.82, 2.24) is 9.80 Å². The second kappa shape index (κ2) is 10.4. The van der Waals surface area contributed by atoms with Crippen LogP contribution in [0.5, 0.6) is 11.5 Å². The molecule has 0 aromatic heterocycles. The largest absolute Gasteiger partial charge is 0.493 e. The molecule has 160 valence electrons. The Morgan fingerprint density at radius 3 is 2.46 bits per heavy atom. The first-order valence-electron chi connectivity index (χ1n) is 10.3. The molecule has 1 aliphatic heterocycles. The number of nitrogens with zero attached hydrogens (tertiary/aromatic N) is 2. The van der Waals surface area contributed by atoms with Crippen molar-refractivity contribution >= 4 is 0 Å². The smallest absolute Gasteiger partial charge is 0.161 e. The number of piperidine rings is 1. The molecular weight excluding hydrogens is 356 g/mol. The van der Waals surface area contributed by atoms with E-state index in [4.69, 9.17) is 9.47 Å². The maximum absolute atomic E-state index is 10.2. The van der Waals surface area contributed by atoms with E-state index in [1.54, 1.807) is 7.11 Å². The summed E-state index contributed by atoms with van der Waals surface area (Å²) in [6.45, 7) is 10.3. The zero-order valence-electron chi connectivity index (χ0n) is 18.1. The molecule has 6 heteroatoms. The number of benzene rings is 1. The molecule has 6 nitrogen and oxygen atoms in total. The van der Waals surface area contributed by atoms with Crippen LogP contribution in [0.15, 0.2) is 18.2 Å². The fourth-order valence-electron chi connectivity index (χ4n) is 3.38. The summed E-state index contributed by atoms with van der Waals surface area (Å²) < 4.78 is 11.3. The minimum Gasteiger partial charge on any atom is -0.493 e. The number of hydrogen-bond acceptors (Lipinski definition) is 6. The molecule has 2 rings (SSSR count). The Bertz CT molecular complexity index is 600. The van der Waals surface area contributed by atoms with Gasteiger partial charge in [0.05, 0.1) is 7.11 Å². The Kier molecular flexibility index (Phi) is 8.56. The van der Waals surface area contributed by atoms with E-state index < -0.39 is 6.10 Å². The van der Waals surface area contributed by atoms with Crippen LogP contribution in [0.3, 0.4) is 0 Å². The quantitative estimate of drug-likeness (QED) is 0.635. The monoisotopic (exact) mass is 394 g/mol. The van der Waals surface area contributed by atoms with Gasteiger partial charge in [0.25, 0.3) is 0 Å². The minimum absolute atomic E-state index is 0.0658. The zero-order valence-corrected chi connectivity index (χ0v) is 18.1. The molecule has 1 saturated heterocycles. The van der Waals surface area contributed by atoms with E-state index in [9.17, 15) is 10.2 Å².